The van der Waals surface area contributed by atoms with Gasteiger partial charge < -0.3 is 5.32 Å². The lowest BCUT2D eigenvalue weighted by Crippen LogP contribution is -2.34. The molecule has 116 valence electrons. The second-order valence-electron chi connectivity index (χ2n) is 5.58. The number of aryl methyl sites for hydroxylation is 1. The topological polar surface area (TPSA) is 79.4 Å². The first-order valence-electron chi connectivity index (χ1n) is 7.28. The Morgan fingerprint density at radius 3 is 2.50 bits per heavy atom. The Kier molecular flexibility index (Phi) is 4.06. The van der Waals surface area contributed by atoms with Crippen LogP contribution in [0, 0.1) is 18.8 Å². The van der Waals surface area contributed by atoms with Gasteiger partial charge in [0.1, 0.15) is 0 Å². The molecule has 3 rings (SSSR count). The number of carbonyl (C=O) groups is 3. The van der Waals surface area contributed by atoms with E-state index in [1.165, 1.54) is 16.2 Å². The Morgan fingerprint density at radius 1 is 1.32 bits per heavy atom. The highest BCUT2D eigenvalue weighted by Crippen LogP contribution is 2.35. The highest BCUT2D eigenvalue weighted by Gasteiger charge is 2.46. The third kappa shape index (κ3) is 2.81. The molecule has 2 heterocycles. The fraction of sp³-hybridized carbons (Fsp3) is 0.467. The molecular weight excluding hydrogens is 302 g/mol. The Labute approximate surface area is 132 Å². The molecule has 0 saturated carbocycles. The van der Waals surface area contributed by atoms with Crippen molar-refractivity contribution in [3.8, 4) is 0 Å². The van der Waals surface area contributed by atoms with Crippen molar-refractivity contribution >= 4 is 34.2 Å². The molecule has 2 unspecified atom stereocenters. The predicted octanol–water partition coefficient (Wildman–Crippen LogP) is 1.73. The number of hydrogen-bond donors (Lipinski definition) is 1. The van der Waals surface area contributed by atoms with E-state index in [1.807, 2.05) is 24.5 Å². The number of nitrogens with zero attached hydrogens (tertiary/aromatic N) is 2. The number of likely N-dealkylation sites (tertiary alicyclic amines) is 1. The molecule has 0 bridgehead atoms. The molecule has 1 aromatic rings. The first-order valence-corrected chi connectivity index (χ1v) is 8.16. The third-order valence-electron chi connectivity index (χ3n) is 4.03. The zero-order valence-electron chi connectivity index (χ0n) is 12.2. The van der Waals surface area contributed by atoms with E-state index >= 15 is 0 Å². The van der Waals surface area contributed by atoms with Crippen molar-refractivity contribution in [2.24, 2.45) is 11.8 Å². The number of carbonyl (C=O) groups excluding carboxylic acids is 3. The van der Waals surface area contributed by atoms with Crippen LogP contribution in [-0.4, -0.2) is 34.2 Å². The average Bonchev–Trinajstić information content (AvgIpc) is 3.01. The lowest BCUT2D eigenvalue weighted by atomic mass is 9.85. The minimum absolute atomic E-state index is 0.100. The number of anilines is 1. The molecule has 1 saturated heterocycles. The molecule has 22 heavy (non-hydrogen) atoms. The maximum Gasteiger partial charge on any atom is 0.233 e. The standard InChI is InChI=1S/C15H17N3O3S/c1-9-8-22-15(16-9)17-12(19)6-7-18-13(20)10-4-2-3-5-11(10)14(18)21/h2-3,8,10-11H,4-7H2,1H3,(H,16,17,19). The summed E-state index contributed by atoms with van der Waals surface area (Å²) in [6, 6.07) is 0. The Bertz CT molecular complexity index is 626. The van der Waals surface area contributed by atoms with E-state index in [0.717, 1.165) is 5.69 Å². The van der Waals surface area contributed by atoms with Gasteiger partial charge in [-0.1, -0.05) is 12.2 Å². The molecule has 0 aromatic carbocycles. The average molecular weight is 319 g/mol. The number of amides is 3. The van der Waals surface area contributed by atoms with Gasteiger partial charge in [-0.05, 0) is 19.8 Å². The summed E-state index contributed by atoms with van der Waals surface area (Å²) >= 11 is 1.35. The van der Waals surface area contributed by atoms with Gasteiger partial charge in [0, 0.05) is 18.3 Å². The molecule has 3 amide bonds. The predicted molar refractivity (Wildman–Crippen MR) is 82.2 cm³/mol. The van der Waals surface area contributed by atoms with E-state index in [4.69, 9.17) is 0 Å². The fourth-order valence-electron chi connectivity index (χ4n) is 2.90. The molecular formula is C15H17N3O3S. The zero-order chi connectivity index (χ0) is 15.7. The Hall–Kier alpha value is -2.02. The van der Waals surface area contributed by atoms with Crippen molar-refractivity contribution in [1.82, 2.24) is 9.88 Å². The molecule has 1 N–H and O–H groups in total. The highest BCUT2D eigenvalue weighted by atomic mass is 32.1. The van der Waals surface area contributed by atoms with Crippen LogP contribution >= 0.6 is 11.3 Å². The molecule has 1 aliphatic heterocycles. The van der Waals surface area contributed by atoms with Crippen LogP contribution in [-0.2, 0) is 14.4 Å². The SMILES string of the molecule is Cc1csc(NC(=O)CCN2C(=O)C3CC=CCC3C2=O)n1. The van der Waals surface area contributed by atoms with Crippen LogP contribution < -0.4 is 5.32 Å². The maximum absolute atomic E-state index is 12.3. The minimum Gasteiger partial charge on any atom is -0.302 e. The van der Waals surface area contributed by atoms with Crippen molar-refractivity contribution in [3.05, 3.63) is 23.2 Å². The molecule has 6 nitrogen and oxygen atoms in total. The van der Waals surface area contributed by atoms with Crippen molar-refractivity contribution < 1.29 is 14.4 Å². The van der Waals surface area contributed by atoms with Gasteiger partial charge in [-0.2, -0.15) is 0 Å². The minimum atomic E-state index is -0.234. The Balaban J connectivity index is 1.56. The first kappa shape index (κ1) is 14.9. The van der Waals surface area contributed by atoms with Crippen LogP contribution in [0.15, 0.2) is 17.5 Å². The fourth-order valence-corrected chi connectivity index (χ4v) is 3.60. The Morgan fingerprint density at radius 2 is 1.95 bits per heavy atom. The molecule has 7 heteroatoms. The number of hydrogen-bond acceptors (Lipinski definition) is 5. The number of thiazole rings is 1. The monoisotopic (exact) mass is 319 g/mol. The normalized spacial score (nSPS) is 23.8. The van der Waals surface area contributed by atoms with E-state index in [9.17, 15) is 14.4 Å². The second-order valence-corrected chi connectivity index (χ2v) is 6.43. The summed E-state index contributed by atoms with van der Waals surface area (Å²) in [5, 5.41) is 5.08. The second kappa shape index (κ2) is 6.00. The van der Waals surface area contributed by atoms with E-state index < -0.39 is 0 Å². The third-order valence-corrected chi connectivity index (χ3v) is 4.90. The van der Waals surface area contributed by atoms with Crippen LogP contribution in [0.5, 0.6) is 0 Å². The number of fused-ring (bicyclic) bond motifs is 1. The van der Waals surface area contributed by atoms with E-state index in [0.29, 0.717) is 18.0 Å². The summed E-state index contributed by atoms with van der Waals surface area (Å²) < 4.78 is 0. The number of rotatable bonds is 4. The molecule has 2 atom stereocenters. The smallest absolute Gasteiger partial charge is 0.233 e. The van der Waals surface area contributed by atoms with Crippen molar-refractivity contribution in [2.75, 3.05) is 11.9 Å². The van der Waals surface area contributed by atoms with Gasteiger partial charge in [0.05, 0.1) is 17.5 Å². The van der Waals surface area contributed by atoms with Gasteiger partial charge in [0.25, 0.3) is 0 Å². The van der Waals surface area contributed by atoms with E-state index in [2.05, 4.69) is 10.3 Å². The van der Waals surface area contributed by atoms with Gasteiger partial charge in [0.2, 0.25) is 17.7 Å². The van der Waals surface area contributed by atoms with Crippen molar-refractivity contribution in [2.45, 2.75) is 26.2 Å². The van der Waals surface area contributed by atoms with Gasteiger partial charge in [-0.25, -0.2) is 4.98 Å². The maximum atomic E-state index is 12.3. The summed E-state index contributed by atoms with van der Waals surface area (Å²) in [5.74, 6) is -0.984. The van der Waals surface area contributed by atoms with Crippen LogP contribution in [0.3, 0.4) is 0 Å². The quantitative estimate of drug-likeness (QED) is 0.677. The number of aromatic nitrogens is 1. The van der Waals surface area contributed by atoms with E-state index in [1.54, 1.807) is 0 Å². The lowest BCUT2D eigenvalue weighted by Gasteiger charge is -2.14. The van der Waals surface area contributed by atoms with Gasteiger partial charge in [-0.15, -0.1) is 11.3 Å². The van der Waals surface area contributed by atoms with E-state index in [-0.39, 0.29) is 42.5 Å². The van der Waals surface area contributed by atoms with Crippen molar-refractivity contribution in [1.29, 1.82) is 0 Å². The van der Waals surface area contributed by atoms with Crippen LogP contribution in [0.1, 0.15) is 25.0 Å². The first-order chi connectivity index (χ1) is 10.6. The molecule has 1 aliphatic carbocycles. The van der Waals surface area contributed by atoms with Crippen LogP contribution in [0.2, 0.25) is 0 Å². The number of nitrogens with one attached hydrogen (secondary N) is 1. The summed E-state index contributed by atoms with van der Waals surface area (Å²) in [4.78, 5) is 41.8. The molecule has 0 radical (unpaired) electrons. The molecule has 0 spiro atoms. The van der Waals surface area contributed by atoms with Crippen LogP contribution in [0.25, 0.3) is 0 Å². The largest absolute Gasteiger partial charge is 0.302 e. The van der Waals surface area contributed by atoms with Gasteiger partial charge in [0.15, 0.2) is 5.13 Å². The lowest BCUT2D eigenvalue weighted by molar-refractivity contribution is -0.140. The summed E-state index contributed by atoms with van der Waals surface area (Å²) in [6.07, 6.45) is 5.25. The summed E-state index contributed by atoms with van der Waals surface area (Å²) in [5.41, 5.74) is 0.849. The molecule has 2 aliphatic rings. The van der Waals surface area contributed by atoms with Gasteiger partial charge >= 0.3 is 0 Å². The summed E-state index contributed by atoms with van der Waals surface area (Å²) in [7, 11) is 0. The van der Waals surface area contributed by atoms with Crippen LogP contribution in [0.4, 0.5) is 5.13 Å². The zero-order valence-corrected chi connectivity index (χ0v) is 13.1. The van der Waals surface area contributed by atoms with Crippen molar-refractivity contribution in [3.63, 3.8) is 0 Å². The number of imide groups is 1. The molecule has 1 fully saturated rings. The molecule has 1 aromatic heterocycles. The van der Waals surface area contributed by atoms with Gasteiger partial charge in [-0.3, -0.25) is 19.3 Å². The highest BCUT2D eigenvalue weighted by molar-refractivity contribution is 7.13. The summed E-state index contributed by atoms with van der Waals surface area (Å²) in [6.45, 7) is 1.99. The number of allylic oxidation sites excluding steroid dienone is 2.